The maximum Gasteiger partial charge on any atom is 0.257 e. The second kappa shape index (κ2) is 9.06. The van der Waals surface area contributed by atoms with Gasteiger partial charge in [-0.2, -0.15) is 0 Å². The van der Waals surface area contributed by atoms with Gasteiger partial charge in [0.1, 0.15) is 5.75 Å². The minimum atomic E-state index is -3.72. The van der Waals surface area contributed by atoms with Gasteiger partial charge in [-0.05, 0) is 42.5 Å². The van der Waals surface area contributed by atoms with E-state index in [2.05, 4.69) is 5.32 Å². The van der Waals surface area contributed by atoms with Crippen LogP contribution in [0, 0.1) is 0 Å². The number of rotatable bonds is 8. The fraction of sp³-hybridized carbons (Fsp3) is 0.182. The molecule has 3 rings (SSSR count). The number of amides is 1. The van der Waals surface area contributed by atoms with Gasteiger partial charge in [0, 0.05) is 11.9 Å². The van der Waals surface area contributed by atoms with Crippen LogP contribution in [0.4, 0.5) is 0 Å². The highest BCUT2D eigenvalue weighted by molar-refractivity contribution is 7.89. The molecule has 1 amide bonds. The van der Waals surface area contributed by atoms with Crippen molar-refractivity contribution in [2.75, 3.05) is 13.2 Å². The van der Waals surface area contributed by atoms with Gasteiger partial charge >= 0.3 is 0 Å². The van der Waals surface area contributed by atoms with Gasteiger partial charge in [0.05, 0.1) is 10.5 Å². The van der Waals surface area contributed by atoms with Gasteiger partial charge in [-0.25, -0.2) is 13.6 Å². The van der Waals surface area contributed by atoms with Gasteiger partial charge in [-0.3, -0.25) is 9.59 Å². The zero-order valence-corrected chi connectivity index (χ0v) is 17.2. The second-order valence-corrected chi connectivity index (χ2v) is 8.36. The van der Waals surface area contributed by atoms with Gasteiger partial charge < -0.3 is 10.1 Å². The molecule has 3 N–H and O–H groups in total. The SMILES string of the molecule is CC(=O)c1ccc2ccccc2c1OCC(=O)NCCc1ccc(S(N)(=O)=O)cc1. The molecule has 156 valence electrons. The average Bonchev–Trinajstić information content (AvgIpc) is 2.71. The number of nitrogens with two attached hydrogens (primary N) is 1. The Bertz CT molecular complexity index is 1190. The molecule has 0 radical (unpaired) electrons. The fourth-order valence-electron chi connectivity index (χ4n) is 3.06. The van der Waals surface area contributed by atoms with E-state index in [0.717, 1.165) is 16.3 Å². The Morgan fingerprint density at radius 1 is 1.00 bits per heavy atom. The number of primary sulfonamides is 1. The van der Waals surface area contributed by atoms with Crippen LogP contribution in [-0.4, -0.2) is 33.3 Å². The van der Waals surface area contributed by atoms with Crippen LogP contribution in [0.25, 0.3) is 10.8 Å². The molecule has 30 heavy (non-hydrogen) atoms. The van der Waals surface area contributed by atoms with Crippen molar-refractivity contribution in [2.45, 2.75) is 18.2 Å². The smallest absolute Gasteiger partial charge is 0.257 e. The topological polar surface area (TPSA) is 116 Å². The fourth-order valence-corrected chi connectivity index (χ4v) is 3.57. The third kappa shape index (κ3) is 5.22. The van der Waals surface area contributed by atoms with Crippen molar-refractivity contribution < 1.29 is 22.7 Å². The Morgan fingerprint density at radius 3 is 2.37 bits per heavy atom. The number of ketones is 1. The molecule has 0 saturated heterocycles. The second-order valence-electron chi connectivity index (χ2n) is 6.80. The maximum absolute atomic E-state index is 12.2. The summed E-state index contributed by atoms with van der Waals surface area (Å²) >= 11 is 0. The average molecular weight is 426 g/mol. The molecule has 0 fully saturated rings. The molecule has 0 bridgehead atoms. The molecule has 0 heterocycles. The summed E-state index contributed by atoms with van der Waals surface area (Å²) in [6.07, 6.45) is 0.517. The van der Waals surface area contributed by atoms with Crippen molar-refractivity contribution in [1.29, 1.82) is 0 Å². The van der Waals surface area contributed by atoms with Crippen LogP contribution in [0.15, 0.2) is 65.6 Å². The molecule has 0 atom stereocenters. The first kappa shape index (κ1) is 21.5. The van der Waals surface area contributed by atoms with Crippen molar-refractivity contribution in [3.8, 4) is 5.75 Å². The van der Waals surface area contributed by atoms with Crippen molar-refractivity contribution in [1.82, 2.24) is 5.32 Å². The van der Waals surface area contributed by atoms with Crippen molar-refractivity contribution in [3.05, 3.63) is 71.8 Å². The number of hydrogen-bond donors (Lipinski definition) is 2. The maximum atomic E-state index is 12.2. The lowest BCUT2D eigenvalue weighted by Gasteiger charge is -2.13. The standard InChI is InChI=1S/C22H22N2O5S/c1-15(25)19-11-8-17-4-2-3-5-20(17)22(19)29-14-21(26)24-13-12-16-6-9-18(10-7-16)30(23,27)28/h2-11H,12-14H2,1H3,(H,24,26)(H2,23,27,28). The molecule has 3 aromatic carbocycles. The first-order valence-corrected chi connectivity index (χ1v) is 10.8. The van der Waals surface area contributed by atoms with Crippen molar-refractivity contribution >= 4 is 32.5 Å². The molecule has 0 aromatic heterocycles. The number of sulfonamides is 1. The van der Waals surface area contributed by atoms with Crippen LogP contribution < -0.4 is 15.2 Å². The Kier molecular flexibility index (Phi) is 6.49. The van der Waals surface area contributed by atoms with E-state index in [9.17, 15) is 18.0 Å². The van der Waals surface area contributed by atoms with Gasteiger partial charge in [0.15, 0.2) is 12.4 Å². The largest absolute Gasteiger partial charge is 0.482 e. The molecule has 0 aliphatic carbocycles. The lowest BCUT2D eigenvalue weighted by molar-refractivity contribution is -0.123. The minimum Gasteiger partial charge on any atom is -0.482 e. The van der Waals surface area contributed by atoms with E-state index < -0.39 is 10.0 Å². The Balaban J connectivity index is 1.59. The van der Waals surface area contributed by atoms with E-state index in [0.29, 0.717) is 24.3 Å². The molecule has 0 spiro atoms. The lowest BCUT2D eigenvalue weighted by Crippen LogP contribution is -2.30. The number of hydrogen-bond acceptors (Lipinski definition) is 5. The summed E-state index contributed by atoms with van der Waals surface area (Å²) < 4.78 is 28.3. The van der Waals surface area contributed by atoms with Crippen LogP contribution in [0.3, 0.4) is 0 Å². The first-order valence-electron chi connectivity index (χ1n) is 9.29. The van der Waals surface area contributed by atoms with Gasteiger partial charge in [-0.1, -0.05) is 42.5 Å². The number of carbonyl (C=O) groups is 2. The highest BCUT2D eigenvalue weighted by Crippen LogP contribution is 2.30. The molecule has 0 aliphatic heterocycles. The van der Waals surface area contributed by atoms with E-state index in [4.69, 9.17) is 9.88 Å². The van der Waals surface area contributed by atoms with E-state index in [1.807, 2.05) is 30.3 Å². The van der Waals surface area contributed by atoms with Crippen LogP contribution >= 0.6 is 0 Å². The van der Waals surface area contributed by atoms with E-state index in [1.54, 1.807) is 18.2 Å². The van der Waals surface area contributed by atoms with E-state index in [-0.39, 0.29) is 23.2 Å². The number of Topliss-reactive ketones (excluding diaryl/α,β-unsaturated/α-hetero) is 1. The summed E-state index contributed by atoms with van der Waals surface area (Å²) in [5, 5.41) is 9.51. The van der Waals surface area contributed by atoms with Crippen molar-refractivity contribution in [3.63, 3.8) is 0 Å². The summed E-state index contributed by atoms with van der Waals surface area (Å²) in [6, 6.07) is 17.2. The summed E-state index contributed by atoms with van der Waals surface area (Å²) in [7, 11) is -3.72. The van der Waals surface area contributed by atoms with Crippen LogP contribution in [0.2, 0.25) is 0 Å². The summed E-state index contributed by atoms with van der Waals surface area (Å²) in [5.41, 5.74) is 1.29. The van der Waals surface area contributed by atoms with Crippen molar-refractivity contribution in [2.24, 2.45) is 5.14 Å². The van der Waals surface area contributed by atoms with Gasteiger partial charge in [-0.15, -0.1) is 0 Å². The Hall–Kier alpha value is -3.23. The third-order valence-electron chi connectivity index (χ3n) is 4.59. The lowest BCUT2D eigenvalue weighted by atomic mass is 10.0. The molecule has 8 heteroatoms. The predicted octanol–water partition coefficient (Wildman–Crippen LogP) is 2.43. The van der Waals surface area contributed by atoms with E-state index in [1.165, 1.54) is 19.1 Å². The summed E-state index contributed by atoms with van der Waals surface area (Å²) in [5.74, 6) is -0.0629. The number of ether oxygens (including phenoxy) is 1. The summed E-state index contributed by atoms with van der Waals surface area (Å²) in [4.78, 5) is 24.2. The zero-order valence-electron chi connectivity index (χ0n) is 16.4. The van der Waals surface area contributed by atoms with Gasteiger partial charge in [0.2, 0.25) is 10.0 Å². The Morgan fingerprint density at radius 2 is 1.70 bits per heavy atom. The number of nitrogens with one attached hydrogen (secondary N) is 1. The molecule has 7 nitrogen and oxygen atoms in total. The minimum absolute atomic E-state index is 0.0417. The normalized spacial score (nSPS) is 11.3. The highest BCUT2D eigenvalue weighted by Gasteiger charge is 2.14. The molecular formula is C22H22N2O5S. The molecule has 0 saturated carbocycles. The van der Waals surface area contributed by atoms with Gasteiger partial charge in [0.25, 0.3) is 5.91 Å². The monoisotopic (exact) mass is 426 g/mol. The first-order chi connectivity index (χ1) is 14.3. The molecular weight excluding hydrogens is 404 g/mol. The van der Waals surface area contributed by atoms with Crippen LogP contribution in [0.5, 0.6) is 5.75 Å². The number of carbonyl (C=O) groups excluding carboxylic acids is 2. The summed E-state index contributed by atoms with van der Waals surface area (Å²) in [6.45, 7) is 1.59. The third-order valence-corrected chi connectivity index (χ3v) is 5.52. The molecule has 0 aliphatic rings. The molecule has 3 aromatic rings. The quantitative estimate of drug-likeness (QED) is 0.537. The van der Waals surface area contributed by atoms with Crippen LogP contribution in [0.1, 0.15) is 22.8 Å². The van der Waals surface area contributed by atoms with E-state index >= 15 is 0 Å². The zero-order chi connectivity index (χ0) is 21.7. The van der Waals surface area contributed by atoms with Crippen LogP contribution in [-0.2, 0) is 21.2 Å². The predicted molar refractivity (Wildman–Crippen MR) is 114 cm³/mol. The number of benzene rings is 3. The molecule has 0 unspecified atom stereocenters. The Labute approximate surface area is 174 Å². The highest BCUT2D eigenvalue weighted by atomic mass is 32.2. The number of fused-ring (bicyclic) bond motifs is 1.